The summed E-state index contributed by atoms with van der Waals surface area (Å²) in [5, 5.41) is 8.10. The molecule has 0 spiro atoms. The average Bonchev–Trinajstić information content (AvgIpc) is 2.38. The zero-order valence-electron chi connectivity index (χ0n) is 10.3. The Morgan fingerprint density at radius 1 is 1.20 bits per heavy atom. The minimum Gasteiger partial charge on any atom is -0.389 e. The molecule has 0 amide bonds. The van der Waals surface area contributed by atoms with E-state index in [1.165, 1.54) is 12.1 Å². The monoisotopic (exact) mass is 308 g/mol. The van der Waals surface area contributed by atoms with Crippen LogP contribution in [0.4, 0.5) is 11.4 Å². The molecule has 6 nitrogen and oxygen atoms in total. The molecule has 104 valence electrons. The Kier molecular flexibility index (Phi) is 3.98. The molecular weight excluding hydrogens is 296 g/mol. The summed E-state index contributed by atoms with van der Waals surface area (Å²) in [6.45, 7) is 0. The summed E-state index contributed by atoms with van der Waals surface area (Å²) in [5.41, 5.74) is 7.59. The molecule has 0 saturated carbocycles. The van der Waals surface area contributed by atoms with E-state index in [2.05, 4.69) is 10.3 Å². The maximum absolute atomic E-state index is 11.2. The number of primary sulfonamides is 1. The summed E-state index contributed by atoms with van der Waals surface area (Å²) in [7, 11) is -3.69. The van der Waals surface area contributed by atoms with Gasteiger partial charge in [0.1, 0.15) is 4.99 Å². The lowest BCUT2D eigenvalue weighted by Crippen LogP contribution is -2.13. The number of sulfonamides is 1. The van der Waals surface area contributed by atoms with Crippen LogP contribution in [0.3, 0.4) is 0 Å². The summed E-state index contributed by atoms with van der Waals surface area (Å²) in [6.07, 6.45) is 3.17. The second kappa shape index (κ2) is 5.53. The molecule has 5 N–H and O–H groups in total. The summed E-state index contributed by atoms with van der Waals surface area (Å²) in [4.78, 5) is 4.28. The van der Waals surface area contributed by atoms with Gasteiger partial charge in [-0.3, -0.25) is 4.98 Å². The van der Waals surface area contributed by atoms with Crippen LogP contribution in [-0.4, -0.2) is 18.4 Å². The van der Waals surface area contributed by atoms with Crippen LogP contribution in [0, 0.1) is 0 Å². The van der Waals surface area contributed by atoms with Crippen molar-refractivity contribution >= 4 is 38.6 Å². The maximum Gasteiger partial charge on any atom is 0.238 e. The minimum absolute atomic E-state index is 0.0452. The minimum atomic E-state index is -3.69. The van der Waals surface area contributed by atoms with Gasteiger partial charge in [0, 0.05) is 17.4 Å². The molecule has 0 saturated heterocycles. The van der Waals surface area contributed by atoms with E-state index < -0.39 is 10.0 Å². The fourth-order valence-corrected chi connectivity index (χ4v) is 2.29. The molecule has 0 aliphatic rings. The highest BCUT2D eigenvalue weighted by Gasteiger charge is 2.08. The fraction of sp³-hybridized carbons (Fsp3) is 0. The first-order valence-electron chi connectivity index (χ1n) is 5.51. The molecule has 8 heteroatoms. The van der Waals surface area contributed by atoms with E-state index in [9.17, 15) is 8.42 Å². The number of nitrogens with one attached hydrogen (secondary N) is 1. The number of thiocarbonyl (C=S) groups is 1. The first kappa shape index (κ1) is 14.4. The molecule has 1 aromatic heterocycles. The molecule has 0 bridgehead atoms. The molecule has 0 radical (unpaired) electrons. The van der Waals surface area contributed by atoms with Crippen LogP contribution < -0.4 is 16.2 Å². The van der Waals surface area contributed by atoms with Gasteiger partial charge in [0.2, 0.25) is 10.0 Å². The first-order chi connectivity index (χ1) is 9.38. The van der Waals surface area contributed by atoms with E-state index in [1.54, 1.807) is 30.6 Å². The Hall–Kier alpha value is -2.03. The molecular formula is C12H12N4O2S2. The van der Waals surface area contributed by atoms with Crippen molar-refractivity contribution in [1.82, 2.24) is 4.98 Å². The molecule has 0 aliphatic carbocycles. The van der Waals surface area contributed by atoms with Crippen molar-refractivity contribution in [2.45, 2.75) is 4.90 Å². The zero-order valence-corrected chi connectivity index (χ0v) is 11.9. The molecule has 0 fully saturated rings. The van der Waals surface area contributed by atoms with Gasteiger partial charge in [-0.05, 0) is 30.3 Å². The second-order valence-corrected chi connectivity index (χ2v) is 5.98. The third-order valence-corrected chi connectivity index (χ3v) is 3.70. The molecule has 0 atom stereocenters. The van der Waals surface area contributed by atoms with E-state index in [0.29, 0.717) is 16.9 Å². The van der Waals surface area contributed by atoms with Crippen molar-refractivity contribution in [2.75, 3.05) is 5.32 Å². The molecule has 0 unspecified atom stereocenters. The largest absolute Gasteiger partial charge is 0.389 e. The second-order valence-electron chi connectivity index (χ2n) is 3.98. The molecule has 1 aromatic carbocycles. The quantitative estimate of drug-likeness (QED) is 0.730. The van der Waals surface area contributed by atoms with Crippen LogP contribution in [0.25, 0.3) is 0 Å². The third-order valence-electron chi connectivity index (χ3n) is 2.55. The summed E-state index contributed by atoms with van der Waals surface area (Å²) >= 11 is 4.95. The number of benzene rings is 1. The highest BCUT2D eigenvalue weighted by Crippen LogP contribution is 2.21. The van der Waals surface area contributed by atoms with Gasteiger partial charge in [0.25, 0.3) is 0 Å². The Morgan fingerprint density at radius 2 is 1.85 bits per heavy atom. The predicted molar refractivity (Wildman–Crippen MR) is 81.2 cm³/mol. The zero-order chi connectivity index (χ0) is 14.8. The average molecular weight is 308 g/mol. The Labute approximate surface area is 121 Å². The number of aromatic nitrogens is 1. The number of anilines is 2. The molecule has 0 aliphatic heterocycles. The highest BCUT2D eigenvalue weighted by molar-refractivity contribution is 7.89. The van der Waals surface area contributed by atoms with Crippen molar-refractivity contribution in [2.24, 2.45) is 10.9 Å². The van der Waals surface area contributed by atoms with E-state index in [1.807, 2.05) is 0 Å². The van der Waals surface area contributed by atoms with Gasteiger partial charge in [0.15, 0.2) is 0 Å². The Balaban J connectivity index is 2.30. The smallest absolute Gasteiger partial charge is 0.238 e. The van der Waals surface area contributed by atoms with Gasteiger partial charge < -0.3 is 11.1 Å². The molecule has 2 aromatic rings. The van der Waals surface area contributed by atoms with Crippen LogP contribution in [0.15, 0.2) is 47.6 Å². The van der Waals surface area contributed by atoms with Crippen molar-refractivity contribution in [3.63, 3.8) is 0 Å². The fourth-order valence-electron chi connectivity index (χ4n) is 1.59. The number of nitrogens with two attached hydrogens (primary N) is 2. The van der Waals surface area contributed by atoms with E-state index >= 15 is 0 Å². The first-order valence-corrected chi connectivity index (χ1v) is 7.47. The van der Waals surface area contributed by atoms with Gasteiger partial charge >= 0.3 is 0 Å². The van der Waals surface area contributed by atoms with E-state index in [-0.39, 0.29) is 9.88 Å². The lowest BCUT2D eigenvalue weighted by molar-refractivity contribution is 0.598. The van der Waals surface area contributed by atoms with E-state index in [0.717, 1.165) is 0 Å². The van der Waals surface area contributed by atoms with Crippen LogP contribution in [0.2, 0.25) is 0 Å². The molecule has 20 heavy (non-hydrogen) atoms. The number of hydrogen-bond acceptors (Lipinski definition) is 5. The standard InChI is InChI=1S/C12H12N4O2S2/c13-12(19)10-5-6-15-7-11(10)16-8-1-3-9(4-2-8)20(14,17)18/h1-7,16H,(H2,13,19)(H2,14,17,18). The van der Waals surface area contributed by atoms with Crippen molar-refractivity contribution in [3.8, 4) is 0 Å². The normalized spacial score (nSPS) is 11.1. The van der Waals surface area contributed by atoms with Crippen molar-refractivity contribution in [3.05, 3.63) is 48.3 Å². The summed E-state index contributed by atoms with van der Waals surface area (Å²) in [6, 6.07) is 7.71. The highest BCUT2D eigenvalue weighted by atomic mass is 32.2. The predicted octanol–water partition coefficient (Wildman–Crippen LogP) is 1.11. The summed E-state index contributed by atoms with van der Waals surface area (Å²) in [5.74, 6) is 0. The SMILES string of the molecule is NC(=S)c1ccncc1Nc1ccc(S(N)(=O)=O)cc1. The maximum atomic E-state index is 11.2. The van der Waals surface area contributed by atoms with Crippen LogP contribution in [0.5, 0.6) is 0 Å². The van der Waals surface area contributed by atoms with Gasteiger partial charge in [-0.2, -0.15) is 0 Å². The molecule has 2 rings (SSSR count). The number of rotatable bonds is 4. The third kappa shape index (κ3) is 3.29. The number of nitrogens with zero attached hydrogens (tertiary/aromatic N) is 1. The van der Waals surface area contributed by atoms with Crippen LogP contribution >= 0.6 is 12.2 Å². The lowest BCUT2D eigenvalue weighted by Gasteiger charge is -2.10. The lowest BCUT2D eigenvalue weighted by atomic mass is 10.2. The van der Waals surface area contributed by atoms with Gasteiger partial charge in [0.05, 0.1) is 16.8 Å². The van der Waals surface area contributed by atoms with Crippen LogP contribution in [-0.2, 0) is 10.0 Å². The van der Waals surface area contributed by atoms with Crippen LogP contribution in [0.1, 0.15) is 5.56 Å². The van der Waals surface area contributed by atoms with Crippen molar-refractivity contribution < 1.29 is 8.42 Å². The van der Waals surface area contributed by atoms with Crippen molar-refractivity contribution in [1.29, 1.82) is 0 Å². The van der Waals surface area contributed by atoms with Gasteiger partial charge in [-0.15, -0.1) is 0 Å². The Bertz CT molecular complexity index is 742. The van der Waals surface area contributed by atoms with E-state index in [4.69, 9.17) is 23.1 Å². The molecule has 1 heterocycles. The topological polar surface area (TPSA) is 111 Å². The summed E-state index contributed by atoms with van der Waals surface area (Å²) < 4.78 is 22.3. The Morgan fingerprint density at radius 3 is 2.40 bits per heavy atom. The van der Waals surface area contributed by atoms with Gasteiger partial charge in [-0.25, -0.2) is 13.6 Å². The number of pyridine rings is 1. The van der Waals surface area contributed by atoms with Gasteiger partial charge in [-0.1, -0.05) is 12.2 Å². The number of hydrogen-bond donors (Lipinski definition) is 3.